The zero-order valence-corrected chi connectivity index (χ0v) is 27.6. The molecule has 0 aliphatic rings. The van der Waals surface area contributed by atoms with E-state index in [9.17, 15) is 13.9 Å². The standard InChI is InChI=1S/C27H49FN2O3SSi2/c1-25(2,3)34(31)30-23(17-20-14-15-22(28)21(16-20)18-29)24(33-36(12,13)27(7,8)9)19-32-35(10,11)26(4,5)6/h14-16,23-24,30H,17,19H2,1-13H3/t23-,24+,34?/m0/s1. The molecule has 0 aromatic heterocycles. The topological polar surface area (TPSA) is 71.4 Å². The van der Waals surface area contributed by atoms with E-state index in [2.05, 4.69) is 72.5 Å². The van der Waals surface area contributed by atoms with Crippen LogP contribution >= 0.6 is 0 Å². The average Bonchev–Trinajstić information content (AvgIpc) is 2.69. The summed E-state index contributed by atoms with van der Waals surface area (Å²) >= 11 is 0. The van der Waals surface area contributed by atoms with Crippen molar-refractivity contribution in [1.29, 1.82) is 5.26 Å². The van der Waals surface area contributed by atoms with Crippen LogP contribution in [0.1, 0.15) is 73.4 Å². The highest BCUT2D eigenvalue weighted by Crippen LogP contribution is 2.39. The van der Waals surface area contributed by atoms with E-state index < -0.39 is 38.2 Å². The first kappa shape index (κ1) is 33.1. The second-order valence-electron chi connectivity index (χ2n) is 13.7. The Balaban J connectivity index is 3.52. The van der Waals surface area contributed by atoms with Gasteiger partial charge >= 0.3 is 0 Å². The Morgan fingerprint density at radius 3 is 1.97 bits per heavy atom. The van der Waals surface area contributed by atoms with Crippen molar-refractivity contribution in [3.05, 3.63) is 35.1 Å². The largest absolute Gasteiger partial charge is 0.414 e. The molecule has 1 N–H and O–H groups in total. The number of benzene rings is 1. The summed E-state index contributed by atoms with van der Waals surface area (Å²) in [6.07, 6.45) is 0.0543. The van der Waals surface area contributed by atoms with E-state index in [4.69, 9.17) is 8.85 Å². The van der Waals surface area contributed by atoms with Crippen LogP contribution in [0.4, 0.5) is 4.39 Å². The van der Waals surface area contributed by atoms with Crippen LogP contribution in [0.3, 0.4) is 0 Å². The van der Waals surface area contributed by atoms with E-state index in [1.165, 1.54) is 6.07 Å². The number of halogens is 1. The predicted molar refractivity (Wildman–Crippen MR) is 155 cm³/mol. The highest BCUT2D eigenvalue weighted by Gasteiger charge is 2.43. The zero-order chi connectivity index (χ0) is 28.3. The normalized spacial score (nSPS) is 16.4. The Morgan fingerprint density at radius 2 is 1.53 bits per heavy atom. The maximum Gasteiger partial charge on any atom is 0.192 e. The van der Waals surface area contributed by atoms with E-state index in [0.29, 0.717) is 13.0 Å². The first-order valence-corrected chi connectivity index (χ1v) is 19.7. The van der Waals surface area contributed by atoms with E-state index in [0.717, 1.165) is 5.56 Å². The third kappa shape index (κ3) is 9.14. The minimum Gasteiger partial charge on any atom is -0.414 e. The lowest BCUT2D eigenvalue weighted by atomic mass is 10.0. The molecule has 1 aromatic carbocycles. The molecule has 0 saturated carbocycles. The van der Waals surface area contributed by atoms with Gasteiger partial charge in [-0.05, 0) is 81.2 Å². The molecule has 206 valence electrons. The molecule has 1 rings (SSSR count). The molecular weight excluding hydrogens is 508 g/mol. The molecule has 0 amide bonds. The minimum atomic E-state index is -2.23. The van der Waals surface area contributed by atoms with Crippen molar-refractivity contribution in [3.63, 3.8) is 0 Å². The summed E-state index contributed by atoms with van der Waals surface area (Å²) in [5, 5.41) is 9.35. The van der Waals surface area contributed by atoms with Crippen LogP contribution in [0.25, 0.3) is 0 Å². The monoisotopic (exact) mass is 556 g/mol. The molecule has 0 aliphatic carbocycles. The molecule has 5 nitrogen and oxygen atoms in total. The summed E-state index contributed by atoms with van der Waals surface area (Å²) in [4.78, 5) is 0. The molecule has 0 aliphatic heterocycles. The number of rotatable bonds is 10. The first-order chi connectivity index (χ1) is 16.0. The molecule has 0 fully saturated rings. The van der Waals surface area contributed by atoms with Crippen molar-refractivity contribution in [2.75, 3.05) is 6.61 Å². The van der Waals surface area contributed by atoms with E-state index in [1.54, 1.807) is 12.1 Å². The molecular formula is C27H49FN2O3SSi2. The lowest BCUT2D eigenvalue weighted by Gasteiger charge is -2.44. The molecule has 1 unspecified atom stereocenters. The zero-order valence-electron chi connectivity index (χ0n) is 24.8. The van der Waals surface area contributed by atoms with Gasteiger partial charge in [-0.25, -0.2) is 13.3 Å². The fourth-order valence-corrected chi connectivity index (χ4v) is 6.12. The molecule has 36 heavy (non-hydrogen) atoms. The lowest BCUT2D eigenvalue weighted by Crippen LogP contribution is -2.56. The van der Waals surface area contributed by atoms with Crippen molar-refractivity contribution >= 4 is 27.6 Å². The Labute approximate surface area is 224 Å². The fraction of sp³-hybridized carbons (Fsp3) is 0.741. The highest BCUT2D eigenvalue weighted by molar-refractivity contribution is 7.84. The number of nitrogens with zero attached hydrogens (tertiary/aromatic N) is 1. The van der Waals surface area contributed by atoms with Gasteiger partial charge in [0, 0.05) is 0 Å². The summed E-state index contributed by atoms with van der Waals surface area (Å²) in [5.41, 5.74) is 0.787. The molecule has 0 heterocycles. The highest BCUT2D eigenvalue weighted by atomic mass is 32.2. The maximum absolute atomic E-state index is 14.0. The third-order valence-electron chi connectivity index (χ3n) is 7.54. The number of nitriles is 1. The summed E-state index contributed by atoms with van der Waals surface area (Å²) in [7, 11) is -5.68. The molecule has 0 bridgehead atoms. The van der Waals surface area contributed by atoms with E-state index in [1.807, 2.05) is 26.8 Å². The lowest BCUT2D eigenvalue weighted by molar-refractivity contribution is 0.0823. The molecule has 0 spiro atoms. The number of hydrogen-bond acceptors (Lipinski definition) is 4. The minimum absolute atomic E-state index is 0.00239. The maximum atomic E-state index is 14.0. The second kappa shape index (κ2) is 11.9. The van der Waals surface area contributed by atoms with Gasteiger partial charge in [-0.3, -0.25) is 0 Å². The molecule has 1 aromatic rings. The van der Waals surface area contributed by atoms with Crippen molar-refractivity contribution < 1.29 is 17.5 Å². The van der Waals surface area contributed by atoms with Gasteiger partial charge in [0.15, 0.2) is 16.6 Å². The average molecular weight is 557 g/mol. The number of hydrogen-bond donors (Lipinski definition) is 1. The van der Waals surface area contributed by atoms with Crippen LogP contribution < -0.4 is 4.72 Å². The Bertz CT molecular complexity index is 958. The van der Waals surface area contributed by atoms with Crippen molar-refractivity contribution in [1.82, 2.24) is 4.72 Å². The predicted octanol–water partition coefficient (Wildman–Crippen LogP) is 7.07. The number of nitrogens with one attached hydrogen (secondary N) is 1. The van der Waals surface area contributed by atoms with Crippen LogP contribution in [-0.2, 0) is 26.3 Å². The third-order valence-corrected chi connectivity index (χ3v) is 18.2. The van der Waals surface area contributed by atoms with Crippen LogP contribution in [0.15, 0.2) is 18.2 Å². The van der Waals surface area contributed by atoms with Crippen molar-refractivity contribution in [2.24, 2.45) is 0 Å². The van der Waals surface area contributed by atoms with Gasteiger partial charge in [0.25, 0.3) is 0 Å². The molecule has 0 saturated heterocycles. The van der Waals surface area contributed by atoms with Crippen LogP contribution in [0.2, 0.25) is 36.3 Å². The summed E-state index contributed by atoms with van der Waals surface area (Å²) in [6.45, 7) is 28.2. The fourth-order valence-electron chi connectivity index (χ4n) is 2.90. The summed E-state index contributed by atoms with van der Waals surface area (Å²) in [5.74, 6) is -0.542. The molecule has 0 radical (unpaired) electrons. The first-order valence-electron chi connectivity index (χ1n) is 12.7. The van der Waals surface area contributed by atoms with E-state index >= 15 is 0 Å². The van der Waals surface area contributed by atoms with Gasteiger partial charge in [0.2, 0.25) is 0 Å². The van der Waals surface area contributed by atoms with Gasteiger partial charge in [0.1, 0.15) is 11.9 Å². The van der Waals surface area contributed by atoms with Crippen molar-refractivity contribution in [3.8, 4) is 6.07 Å². The Kier molecular flexibility index (Phi) is 10.9. The van der Waals surface area contributed by atoms with Crippen LogP contribution in [-0.4, -0.2) is 44.3 Å². The quantitative estimate of drug-likeness (QED) is 0.313. The van der Waals surface area contributed by atoms with Crippen LogP contribution in [0.5, 0.6) is 0 Å². The van der Waals surface area contributed by atoms with Gasteiger partial charge < -0.3 is 8.85 Å². The Hall–Kier alpha value is -0.896. The van der Waals surface area contributed by atoms with Crippen molar-refractivity contribution in [2.45, 2.75) is 122 Å². The van der Waals surface area contributed by atoms with E-state index in [-0.39, 0.29) is 27.8 Å². The summed E-state index contributed by atoms with van der Waals surface area (Å²) < 4.78 is 43.7. The molecule has 9 heteroatoms. The van der Waals surface area contributed by atoms with Gasteiger partial charge in [0.05, 0.1) is 40.0 Å². The molecule has 3 atom stereocenters. The summed E-state index contributed by atoms with van der Waals surface area (Å²) in [6, 6.07) is 6.14. The van der Waals surface area contributed by atoms with Gasteiger partial charge in [-0.1, -0.05) is 47.6 Å². The Morgan fingerprint density at radius 1 is 1.00 bits per heavy atom. The second-order valence-corrected chi connectivity index (χ2v) is 25.3. The van der Waals surface area contributed by atoms with Gasteiger partial charge in [-0.15, -0.1) is 0 Å². The SMILES string of the molecule is CC(C)(C)S(=O)N[C@@H](Cc1ccc(F)c(C#N)c1)[C@@H](CO[Si](C)(C)C(C)(C)C)O[Si](C)(C)C(C)(C)C. The van der Waals surface area contributed by atoms with Gasteiger partial charge in [-0.2, -0.15) is 5.26 Å². The van der Waals surface area contributed by atoms with Crippen LogP contribution in [0, 0.1) is 17.1 Å². The smallest absolute Gasteiger partial charge is 0.192 e.